The van der Waals surface area contributed by atoms with Gasteiger partial charge >= 0.3 is 5.97 Å². The van der Waals surface area contributed by atoms with Crippen LogP contribution in [0.5, 0.6) is 0 Å². The molecule has 1 aliphatic carbocycles. The average Bonchev–Trinajstić information content (AvgIpc) is 2.43. The Balaban J connectivity index is 1.94. The number of rotatable bonds is 4. The minimum atomic E-state index is -0.891. The third-order valence-corrected chi connectivity index (χ3v) is 4.51. The quantitative estimate of drug-likeness (QED) is 0.806. The number of carboxylic acids is 1. The SMILES string of the molecule is NC(CCC(=O)O)C(=O)N1CCCC2CCCCC21. The van der Waals surface area contributed by atoms with Gasteiger partial charge in [-0.25, -0.2) is 0 Å². The molecule has 0 aromatic heterocycles. The molecule has 1 amide bonds. The summed E-state index contributed by atoms with van der Waals surface area (Å²) < 4.78 is 0. The van der Waals surface area contributed by atoms with Crippen molar-refractivity contribution in [2.45, 2.75) is 63.5 Å². The number of hydrogen-bond acceptors (Lipinski definition) is 3. The second kappa shape index (κ2) is 6.37. The van der Waals surface area contributed by atoms with E-state index >= 15 is 0 Å². The number of likely N-dealkylation sites (tertiary alicyclic amines) is 1. The van der Waals surface area contributed by atoms with E-state index in [4.69, 9.17) is 10.8 Å². The molecule has 108 valence electrons. The second-order valence-corrected chi connectivity index (χ2v) is 5.82. The highest BCUT2D eigenvalue weighted by Crippen LogP contribution is 2.35. The zero-order valence-electron chi connectivity index (χ0n) is 11.4. The van der Waals surface area contributed by atoms with Gasteiger partial charge in [0.15, 0.2) is 0 Å². The molecule has 3 atom stereocenters. The van der Waals surface area contributed by atoms with Crippen molar-refractivity contribution in [3.63, 3.8) is 0 Å². The smallest absolute Gasteiger partial charge is 0.303 e. The summed E-state index contributed by atoms with van der Waals surface area (Å²) in [4.78, 5) is 24.9. The van der Waals surface area contributed by atoms with Crippen molar-refractivity contribution < 1.29 is 14.7 Å². The molecule has 5 nitrogen and oxygen atoms in total. The minimum Gasteiger partial charge on any atom is -0.481 e. The highest BCUT2D eigenvalue weighted by atomic mass is 16.4. The van der Waals surface area contributed by atoms with Gasteiger partial charge in [0.05, 0.1) is 6.04 Å². The van der Waals surface area contributed by atoms with E-state index < -0.39 is 12.0 Å². The van der Waals surface area contributed by atoms with Gasteiger partial charge in [-0.3, -0.25) is 9.59 Å². The molecular weight excluding hydrogens is 244 g/mol. The highest BCUT2D eigenvalue weighted by Gasteiger charge is 2.37. The summed E-state index contributed by atoms with van der Waals surface area (Å²) in [5.41, 5.74) is 5.86. The van der Waals surface area contributed by atoms with E-state index in [1.54, 1.807) is 0 Å². The first-order chi connectivity index (χ1) is 9.09. The number of carboxylic acid groups (broad SMARTS) is 1. The van der Waals surface area contributed by atoms with Gasteiger partial charge in [-0.2, -0.15) is 0 Å². The molecule has 2 aliphatic rings. The van der Waals surface area contributed by atoms with Crippen LogP contribution in [0.1, 0.15) is 51.4 Å². The van der Waals surface area contributed by atoms with Crippen LogP contribution in [0, 0.1) is 5.92 Å². The molecule has 5 heteroatoms. The van der Waals surface area contributed by atoms with Crippen LogP contribution in [0.25, 0.3) is 0 Å². The second-order valence-electron chi connectivity index (χ2n) is 5.82. The number of hydrogen-bond donors (Lipinski definition) is 2. The van der Waals surface area contributed by atoms with E-state index in [9.17, 15) is 9.59 Å². The van der Waals surface area contributed by atoms with Crippen LogP contribution in [0.3, 0.4) is 0 Å². The van der Waals surface area contributed by atoms with Crippen molar-refractivity contribution in [3.8, 4) is 0 Å². The number of nitrogens with zero attached hydrogens (tertiary/aromatic N) is 1. The van der Waals surface area contributed by atoms with Crippen molar-refractivity contribution in [1.29, 1.82) is 0 Å². The van der Waals surface area contributed by atoms with E-state index in [-0.39, 0.29) is 18.7 Å². The van der Waals surface area contributed by atoms with Crippen molar-refractivity contribution in [2.24, 2.45) is 11.7 Å². The molecule has 1 saturated carbocycles. The van der Waals surface area contributed by atoms with Crippen LogP contribution >= 0.6 is 0 Å². The lowest BCUT2D eigenvalue weighted by atomic mass is 9.78. The molecule has 0 bridgehead atoms. The van der Waals surface area contributed by atoms with Gasteiger partial charge in [0.2, 0.25) is 5.91 Å². The molecule has 1 saturated heterocycles. The van der Waals surface area contributed by atoms with Gasteiger partial charge in [-0.1, -0.05) is 12.8 Å². The number of amides is 1. The summed E-state index contributed by atoms with van der Waals surface area (Å²) in [7, 11) is 0. The molecule has 3 N–H and O–H groups in total. The standard InChI is InChI=1S/C14H24N2O3/c15-11(7-8-13(17)18)14(19)16-9-3-5-10-4-1-2-6-12(10)16/h10-12H,1-9,15H2,(H,17,18). The Morgan fingerprint density at radius 2 is 1.89 bits per heavy atom. The molecule has 3 unspecified atom stereocenters. The van der Waals surface area contributed by atoms with Crippen LogP contribution in [0.15, 0.2) is 0 Å². The van der Waals surface area contributed by atoms with Gasteiger partial charge in [-0.05, 0) is 38.0 Å². The molecule has 0 aromatic carbocycles. The highest BCUT2D eigenvalue weighted by molar-refractivity contribution is 5.82. The lowest BCUT2D eigenvalue weighted by molar-refractivity contribution is -0.140. The van der Waals surface area contributed by atoms with Crippen LogP contribution in [-0.4, -0.2) is 40.5 Å². The third kappa shape index (κ3) is 3.47. The molecule has 1 aliphatic heterocycles. The first-order valence-corrected chi connectivity index (χ1v) is 7.37. The number of piperidine rings is 1. The zero-order valence-corrected chi connectivity index (χ0v) is 11.4. The maximum Gasteiger partial charge on any atom is 0.303 e. The normalized spacial score (nSPS) is 28.6. The Kier molecular flexibility index (Phi) is 4.80. The van der Waals surface area contributed by atoms with Crippen LogP contribution in [0.4, 0.5) is 0 Å². The summed E-state index contributed by atoms with van der Waals surface area (Å²) in [6.07, 6.45) is 7.25. The average molecular weight is 268 g/mol. The Bertz CT molecular complexity index is 344. The van der Waals surface area contributed by atoms with Gasteiger partial charge in [0, 0.05) is 19.0 Å². The number of nitrogens with two attached hydrogens (primary N) is 1. The molecule has 0 aromatic rings. The van der Waals surface area contributed by atoms with Crippen LogP contribution in [-0.2, 0) is 9.59 Å². The predicted molar refractivity (Wildman–Crippen MR) is 71.5 cm³/mol. The number of carbonyl (C=O) groups is 2. The number of carbonyl (C=O) groups excluding carboxylic acids is 1. The molecule has 1 heterocycles. The maximum absolute atomic E-state index is 12.4. The summed E-state index contributed by atoms with van der Waals surface area (Å²) in [6, 6.07) is -0.303. The van der Waals surface area contributed by atoms with E-state index in [1.807, 2.05) is 4.90 Å². The van der Waals surface area contributed by atoms with Gasteiger partial charge < -0.3 is 15.7 Å². The van der Waals surface area contributed by atoms with E-state index in [0.29, 0.717) is 12.0 Å². The summed E-state index contributed by atoms with van der Waals surface area (Å²) >= 11 is 0. The summed E-state index contributed by atoms with van der Waals surface area (Å²) in [6.45, 7) is 0.792. The topological polar surface area (TPSA) is 83.6 Å². The van der Waals surface area contributed by atoms with Crippen LogP contribution < -0.4 is 5.73 Å². The Labute approximate surface area is 114 Å². The largest absolute Gasteiger partial charge is 0.481 e. The van der Waals surface area contributed by atoms with Gasteiger partial charge in [0.1, 0.15) is 0 Å². The zero-order chi connectivity index (χ0) is 13.8. The number of fused-ring (bicyclic) bond motifs is 1. The van der Waals surface area contributed by atoms with E-state index in [0.717, 1.165) is 19.4 Å². The Morgan fingerprint density at radius 1 is 1.21 bits per heavy atom. The first kappa shape index (κ1) is 14.3. The Hall–Kier alpha value is -1.10. The lowest BCUT2D eigenvalue weighted by Crippen LogP contribution is -2.54. The van der Waals surface area contributed by atoms with Gasteiger partial charge in [-0.15, -0.1) is 0 Å². The molecule has 2 fully saturated rings. The van der Waals surface area contributed by atoms with Crippen LogP contribution in [0.2, 0.25) is 0 Å². The molecule has 0 radical (unpaired) electrons. The monoisotopic (exact) mass is 268 g/mol. The molecule has 2 rings (SSSR count). The first-order valence-electron chi connectivity index (χ1n) is 7.37. The fraction of sp³-hybridized carbons (Fsp3) is 0.857. The maximum atomic E-state index is 12.4. The van der Waals surface area contributed by atoms with E-state index in [2.05, 4.69) is 0 Å². The fourth-order valence-electron chi connectivity index (χ4n) is 3.51. The van der Waals surface area contributed by atoms with Crippen molar-refractivity contribution in [3.05, 3.63) is 0 Å². The minimum absolute atomic E-state index is 0.0329. The number of aliphatic carboxylic acids is 1. The molecule has 0 spiro atoms. The third-order valence-electron chi connectivity index (χ3n) is 4.51. The van der Waals surface area contributed by atoms with Gasteiger partial charge in [0.25, 0.3) is 0 Å². The summed E-state index contributed by atoms with van der Waals surface area (Å²) in [5.74, 6) is -0.298. The molecular formula is C14H24N2O3. The van der Waals surface area contributed by atoms with Crippen molar-refractivity contribution in [1.82, 2.24) is 4.90 Å². The summed E-state index contributed by atoms with van der Waals surface area (Å²) in [5, 5.41) is 8.66. The lowest BCUT2D eigenvalue weighted by Gasteiger charge is -2.45. The van der Waals surface area contributed by atoms with Crippen molar-refractivity contribution >= 4 is 11.9 Å². The molecule has 19 heavy (non-hydrogen) atoms. The predicted octanol–water partition coefficient (Wildman–Crippen LogP) is 1.36. The Morgan fingerprint density at radius 3 is 2.63 bits per heavy atom. The van der Waals surface area contributed by atoms with Crippen molar-refractivity contribution in [2.75, 3.05) is 6.54 Å². The van der Waals surface area contributed by atoms with E-state index in [1.165, 1.54) is 25.7 Å². The fourth-order valence-corrected chi connectivity index (χ4v) is 3.51.